The topological polar surface area (TPSA) is 71.1 Å². The van der Waals surface area contributed by atoms with Crippen LogP contribution in [0, 0.1) is 0 Å². The summed E-state index contributed by atoms with van der Waals surface area (Å²) in [6.07, 6.45) is 1.43. The van der Waals surface area contributed by atoms with Gasteiger partial charge in [-0.3, -0.25) is 14.6 Å². The van der Waals surface area contributed by atoms with Gasteiger partial charge in [-0.1, -0.05) is 35.3 Å². The Morgan fingerprint density at radius 2 is 1.83 bits per heavy atom. The van der Waals surface area contributed by atoms with Gasteiger partial charge < -0.3 is 10.6 Å². The van der Waals surface area contributed by atoms with E-state index in [1.165, 1.54) is 12.3 Å². The average molecular weight is 352 g/mol. The first-order valence-electron chi connectivity index (χ1n) is 6.90. The number of carbonyl (C=O) groups is 2. The molecule has 0 aliphatic heterocycles. The zero-order valence-electron chi connectivity index (χ0n) is 12.3. The Hall–Kier alpha value is -2.11. The fourth-order valence-electron chi connectivity index (χ4n) is 1.91. The van der Waals surface area contributed by atoms with Gasteiger partial charge in [-0.15, -0.1) is 0 Å². The number of aromatic nitrogens is 1. The third kappa shape index (κ3) is 5.23. The number of carbonyl (C=O) groups excluding carboxylic acids is 2. The molecule has 0 saturated carbocycles. The van der Waals surface area contributed by atoms with Gasteiger partial charge in [0.2, 0.25) is 5.91 Å². The molecule has 2 aromatic rings. The quantitative estimate of drug-likeness (QED) is 0.869. The summed E-state index contributed by atoms with van der Waals surface area (Å²) in [5, 5.41) is 6.33. The highest BCUT2D eigenvalue weighted by Gasteiger charge is 2.12. The Morgan fingerprint density at radius 1 is 1.13 bits per heavy atom. The highest BCUT2D eigenvalue weighted by molar-refractivity contribution is 6.31. The first-order chi connectivity index (χ1) is 11.0. The van der Waals surface area contributed by atoms with Crippen LogP contribution in [0.5, 0.6) is 0 Å². The van der Waals surface area contributed by atoms with Gasteiger partial charge >= 0.3 is 0 Å². The van der Waals surface area contributed by atoms with Crippen molar-refractivity contribution in [1.82, 2.24) is 15.6 Å². The molecule has 1 atom stereocenters. The summed E-state index contributed by atoms with van der Waals surface area (Å²) < 4.78 is 0. The lowest BCUT2D eigenvalue weighted by Gasteiger charge is -2.14. The lowest BCUT2D eigenvalue weighted by atomic mass is 10.1. The molecule has 2 amide bonds. The summed E-state index contributed by atoms with van der Waals surface area (Å²) in [6, 6.07) is 9.99. The number of amides is 2. The molecule has 7 heteroatoms. The molecule has 23 heavy (non-hydrogen) atoms. The van der Waals surface area contributed by atoms with Gasteiger partial charge in [-0.05, 0) is 36.8 Å². The van der Waals surface area contributed by atoms with Crippen molar-refractivity contribution in [3.05, 3.63) is 63.9 Å². The number of benzene rings is 1. The van der Waals surface area contributed by atoms with E-state index in [-0.39, 0.29) is 24.2 Å². The third-order valence-corrected chi connectivity index (χ3v) is 3.60. The summed E-state index contributed by atoms with van der Waals surface area (Å²) in [5.41, 5.74) is 1.08. The molecule has 0 aliphatic carbocycles. The molecule has 0 unspecified atom stereocenters. The van der Waals surface area contributed by atoms with Crippen LogP contribution in [0.25, 0.3) is 0 Å². The minimum atomic E-state index is -0.457. The minimum absolute atomic E-state index is 0.148. The van der Waals surface area contributed by atoms with Gasteiger partial charge in [0.15, 0.2) is 0 Å². The zero-order chi connectivity index (χ0) is 16.8. The number of nitrogens with one attached hydrogen (secondary N) is 2. The van der Waals surface area contributed by atoms with Crippen LogP contribution in [0.15, 0.2) is 42.6 Å². The maximum Gasteiger partial charge on any atom is 0.270 e. The monoisotopic (exact) mass is 351 g/mol. The van der Waals surface area contributed by atoms with E-state index >= 15 is 0 Å². The second-order valence-corrected chi connectivity index (χ2v) is 5.76. The predicted octanol–water partition coefficient (Wildman–Crippen LogP) is 3.00. The number of halogens is 2. The third-order valence-electron chi connectivity index (χ3n) is 3.11. The fraction of sp³-hybridized carbons (Fsp3) is 0.188. The van der Waals surface area contributed by atoms with Crippen molar-refractivity contribution in [3.8, 4) is 0 Å². The summed E-state index contributed by atoms with van der Waals surface area (Å²) in [5.74, 6) is -0.760. The molecule has 0 spiro atoms. The SMILES string of the molecule is C[C@@H](NC(=O)CNC(=O)c1cc(Cl)ccn1)c1ccc(Cl)cc1. The molecule has 2 rings (SSSR count). The van der Waals surface area contributed by atoms with Gasteiger partial charge in [0.25, 0.3) is 5.91 Å². The molecule has 1 heterocycles. The summed E-state index contributed by atoms with van der Waals surface area (Å²) in [4.78, 5) is 27.7. The maximum absolute atomic E-state index is 11.9. The molecule has 0 saturated heterocycles. The Morgan fingerprint density at radius 3 is 2.48 bits per heavy atom. The number of rotatable bonds is 5. The van der Waals surface area contributed by atoms with Crippen LogP contribution >= 0.6 is 23.2 Å². The van der Waals surface area contributed by atoms with Crippen molar-refractivity contribution >= 4 is 35.0 Å². The van der Waals surface area contributed by atoms with Gasteiger partial charge in [0.05, 0.1) is 12.6 Å². The van der Waals surface area contributed by atoms with Gasteiger partial charge in [-0.25, -0.2) is 0 Å². The van der Waals surface area contributed by atoms with Crippen LogP contribution in [0.1, 0.15) is 29.0 Å². The summed E-state index contributed by atoms with van der Waals surface area (Å²) in [6.45, 7) is 1.70. The van der Waals surface area contributed by atoms with Crippen LogP contribution in [-0.4, -0.2) is 23.3 Å². The van der Waals surface area contributed by atoms with E-state index in [9.17, 15) is 9.59 Å². The van der Waals surface area contributed by atoms with E-state index in [1.807, 2.05) is 19.1 Å². The number of nitrogens with zero attached hydrogens (tertiary/aromatic N) is 1. The lowest BCUT2D eigenvalue weighted by molar-refractivity contribution is -0.120. The van der Waals surface area contributed by atoms with Crippen molar-refractivity contribution in [2.75, 3.05) is 6.54 Å². The van der Waals surface area contributed by atoms with E-state index in [0.29, 0.717) is 10.0 Å². The zero-order valence-corrected chi connectivity index (χ0v) is 13.9. The number of hydrogen-bond donors (Lipinski definition) is 2. The predicted molar refractivity (Wildman–Crippen MR) is 89.6 cm³/mol. The first kappa shape index (κ1) is 17.2. The van der Waals surface area contributed by atoms with Crippen LogP contribution in [0.3, 0.4) is 0 Å². The second kappa shape index (κ2) is 7.94. The van der Waals surface area contributed by atoms with E-state index in [2.05, 4.69) is 15.6 Å². The van der Waals surface area contributed by atoms with Gasteiger partial charge in [0, 0.05) is 16.2 Å². The molecule has 0 fully saturated rings. The average Bonchev–Trinajstić information content (AvgIpc) is 2.53. The summed E-state index contributed by atoms with van der Waals surface area (Å²) >= 11 is 11.6. The minimum Gasteiger partial charge on any atom is -0.348 e. The molecule has 120 valence electrons. The molecule has 1 aromatic carbocycles. The van der Waals surface area contributed by atoms with Gasteiger partial charge in [-0.2, -0.15) is 0 Å². The van der Waals surface area contributed by atoms with E-state index < -0.39 is 5.91 Å². The standard InChI is InChI=1S/C16H15Cl2N3O2/c1-10(11-2-4-12(17)5-3-11)21-15(22)9-20-16(23)14-8-13(18)6-7-19-14/h2-8,10H,9H2,1H3,(H,20,23)(H,21,22)/t10-/m1/s1. The van der Waals surface area contributed by atoms with Crippen molar-refractivity contribution in [2.45, 2.75) is 13.0 Å². The Labute approximate surface area is 144 Å². The van der Waals surface area contributed by atoms with Crippen LogP contribution in [-0.2, 0) is 4.79 Å². The summed E-state index contributed by atoms with van der Waals surface area (Å²) in [7, 11) is 0. The van der Waals surface area contributed by atoms with Crippen LogP contribution in [0.2, 0.25) is 10.0 Å². The van der Waals surface area contributed by atoms with Crippen molar-refractivity contribution in [3.63, 3.8) is 0 Å². The van der Waals surface area contributed by atoms with E-state index in [0.717, 1.165) is 5.56 Å². The number of hydrogen-bond acceptors (Lipinski definition) is 3. The number of pyridine rings is 1. The van der Waals surface area contributed by atoms with Crippen molar-refractivity contribution in [2.24, 2.45) is 0 Å². The molecule has 0 radical (unpaired) electrons. The van der Waals surface area contributed by atoms with Gasteiger partial charge in [0.1, 0.15) is 5.69 Å². The van der Waals surface area contributed by atoms with E-state index in [1.54, 1.807) is 18.2 Å². The molecule has 0 aliphatic rings. The highest BCUT2D eigenvalue weighted by Crippen LogP contribution is 2.15. The molecule has 2 N–H and O–H groups in total. The maximum atomic E-state index is 11.9. The van der Waals surface area contributed by atoms with Crippen LogP contribution in [0.4, 0.5) is 0 Å². The Kier molecular flexibility index (Phi) is 5.96. The molecular formula is C16H15Cl2N3O2. The van der Waals surface area contributed by atoms with E-state index in [4.69, 9.17) is 23.2 Å². The smallest absolute Gasteiger partial charge is 0.270 e. The molecule has 5 nitrogen and oxygen atoms in total. The lowest BCUT2D eigenvalue weighted by Crippen LogP contribution is -2.38. The second-order valence-electron chi connectivity index (χ2n) is 4.88. The molecular weight excluding hydrogens is 337 g/mol. The molecule has 0 bridgehead atoms. The Bertz CT molecular complexity index is 705. The highest BCUT2D eigenvalue weighted by atomic mass is 35.5. The van der Waals surface area contributed by atoms with Crippen molar-refractivity contribution in [1.29, 1.82) is 0 Å². The fourth-order valence-corrected chi connectivity index (χ4v) is 2.19. The molecule has 1 aromatic heterocycles. The normalized spacial score (nSPS) is 11.6. The van der Waals surface area contributed by atoms with Crippen LogP contribution < -0.4 is 10.6 Å². The van der Waals surface area contributed by atoms with Crippen molar-refractivity contribution < 1.29 is 9.59 Å². The first-order valence-corrected chi connectivity index (χ1v) is 7.66. The Balaban J connectivity index is 1.85. The largest absolute Gasteiger partial charge is 0.348 e.